The first-order valence-electron chi connectivity index (χ1n) is 2.16. The molecule has 0 aromatic carbocycles. The predicted octanol–water partition coefficient (Wildman–Crippen LogP) is 0.999. The highest BCUT2D eigenvalue weighted by Gasteiger charge is 1.98. The van der Waals surface area contributed by atoms with Gasteiger partial charge >= 0.3 is 6.16 Å². The van der Waals surface area contributed by atoms with E-state index in [-0.39, 0.29) is 11.9 Å². The van der Waals surface area contributed by atoms with Gasteiger partial charge in [0.25, 0.3) is 0 Å². The second kappa shape index (κ2) is 3.60. The molecule has 1 unspecified atom stereocenters. The smallest absolute Gasteiger partial charge is 0.450 e. The van der Waals surface area contributed by atoms with Crippen LogP contribution in [0.5, 0.6) is 0 Å². The minimum Gasteiger partial charge on any atom is -0.450 e. The van der Waals surface area contributed by atoms with Crippen LogP contribution in [-0.4, -0.2) is 23.1 Å². The molecule has 0 radical (unpaired) electrons. The molecule has 0 heterocycles. The van der Waals surface area contributed by atoms with Gasteiger partial charge in [0.05, 0.1) is 0 Å². The number of thiol groups is 1. The monoisotopic (exact) mass is 136 g/mol. The van der Waals surface area contributed by atoms with Crippen LogP contribution in [0.15, 0.2) is 0 Å². The molecule has 0 amide bonds. The zero-order valence-corrected chi connectivity index (χ0v) is 5.39. The van der Waals surface area contributed by atoms with E-state index in [0.717, 1.165) is 0 Å². The van der Waals surface area contributed by atoms with Crippen molar-refractivity contribution in [2.75, 3.05) is 6.61 Å². The van der Waals surface area contributed by atoms with Crippen molar-refractivity contribution in [1.29, 1.82) is 0 Å². The first-order valence-corrected chi connectivity index (χ1v) is 2.68. The lowest BCUT2D eigenvalue weighted by Crippen LogP contribution is -2.08. The Kier molecular flexibility index (Phi) is 3.43. The molecule has 1 N–H and O–H groups in total. The Bertz CT molecular complexity index is 81.4. The standard InChI is InChI=1S/C4H8O3S/c1-3(8)2-7-4(5)6/h3,8H,2H2,1H3,(H,5,6). The molecular formula is C4H8O3S. The molecule has 0 aliphatic rings. The van der Waals surface area contributed by atoms with Crippen LogP contribution in [0.3, 0.4) is 0 Å². The summed E-state index contributed by atoms with van der Waals surface area (Å²) >= 11 is 3.88. The number of carbonyl (C=O) groups is 1. The molecular weight excluding hydrogens is 128 g/mol. The molecule has 0 rings (SSSR count). The maximum absolute atomic E-state index is 9.65. The summed E-state index contributed by atoms with van der Waals surface area (Å²) in [4.78, 5) is 9.65. The van der Waals surface area contributed by atoms with E-state index < -0.39 is 6.16 Å². The lowest BCUT2D eigenvalue weighted by Gasteiger charge is -2.00. The molecule has 0 saturated heterocycles. The zero-order chi connectivity index (χ0) is 6.57. The fourth-order valence-electron chi connectivity index (χ4n) is 0.192. The van der Waals surface area contributed by atoms with Crippen molar-refractivity contribution in [2.45, 2.75) is 12.2 Å². The topological polar surface area (TPSA) is 46.5 Å². The summed E-state index contributed by atoms with van der Waals surface area (Å²) in [5, 5.41) is 7.88. The molecule has 0 aromatic heterocycles. The van der Waals surface area contributed by atoms with E-state index in [1.54, 1.807) is 6.92 Å². The summed E-state index contributed by atoms with van der Waals surface area (Å²) in [5.41, 5.74) is 0. The largest absolute Gasteiger partial charge is 0.505 e. The van der Waals surface area contributed by atoms with E-state index in [1.807, 2.05) is 0 Å². The Balaban J connectivity index is 3.05. The van der Waals surface area contributed by atoms with Crippen molar-refractivity contribution in [3.63, 3.8) is 0 Å². The van der Waals surface area contributed by atoms with Crippen LogP contribution in [0.2, 0.25) is 0 Å². The normalized spacial score (nSPS) is 12.8. The second-order valence-electron chi connectivity index (χ2n) is 1.43. The van der Waals surface area contributed by atoms with Crippen molar-refractivity contribution in [3.05, 3.63) is 0 Å². The van der Waals surface area contributed by atoms with Gasteiger partial charge in [0.1, 0.15) is 6.61 Å². The molecule has 0 aromatic rings. The van der Waals surface area contributed by atoms with Gasteiger partial charge in [-0.05, 0) is 0 Å². The third-order valence-electron chi connectivity index (χ3n) is 0.448. The molecule has 0 aliphatic heterocycles. The van der Waals surface area contributed by atoms with E-state index >= 15 is 0 Å². The van der Waals surface area contributed by atoms with E-state index in [9.17, 15) is 4.79 Å². The maximum atomic E-state index is 9.65. The summed E-state index contributed by atoms with van der Waals surface area (Å²) in [5.74, 6) is 0. The lowest BCUT2D eigenvalue weighted by molar-refractivity contribution is 0.0930. The first kappa shape index (κ1) is 7.62. The third kappa shape index (κ3) is 5.62. The Morgan fingerprint density at radius 3 is 2.62 bits per heavy atom. The van der Waals surface area contributed by atoms with Crippen LogP contribution in [-0.2, 0) is 4.74 Å². The van der Waals surface area contributed by atoms with Gasteiger partial charge in [-0.25, -0.2) is 4.79 Å². The zero-order valence-electron chi connectivity index (χ0n) is 4.50. The molecule has 3 nitrogen and oxygen atoms in total. The highest BCUT2D eigenvalue weighted by atomic mass is 32.1. The fourth-order valence-corrected chi connectivity index (χ4v) is 0.266. The van der Waals surface area contributed by atoms with Crippen LogP contribution in [0.4, 0.5) is 4.79 Å². The van der Waals surface area contributed by atoms with Crippen molar-refractivity contribution >= 4 is 18.8 Å². The molecule has 0 fully saturated rings. The minimum atomic E-state index is -1.24. The predicted molar refractivity (Wildman–Crippen MR) is 32.4 cm³/mol. The molecule has 0 bridgehead atoms. The van der Waals surface area contributed by atoms with Gasteiger partial charge in [-0.3, -0.25) is 0 Å². The maximum Gasteiger partial charge on any atom is 0.505 e. The summed E-state index contributed by atoms with van der Waals surface area (Å²) in [6.07, 6.45) is -1.24. The Hall–Kier alpha value is -0.380. The van der Waals surface area contributed by atoms with Gasteiger partial charge in [-0.15, -0.1) is 0 Å². The van der Waals surface area contributed by atoms with Gasteiger partial charge in [-0.2, -0.15) is 12.6 Å². The van der Waals surface area contributed by atoms with Crippen LogP contribution < -0.4 is 0 Å². The van der Waals surface area contributed by atoms with Gasteiger partial charge in [0.2, 0.25) is 0 Å². The van der Waals surface area contributed by atoms with E-state index in [2.05, 4.69) is 17.4 Å². The van der Waals surface area contributed by atoms with Gasteiger partial charge in [0.15, 0.2) is 0 Å². The van der Waals surface area contributed by atoms with Crippen LogP contribution in [0, 0.1) is 0 Å². The molecule has 0 saturated carbocycles. The summed E-state index contributed by atoms with van der Waals surface area (Å²) in [6, 6.07) is 0. The second-order valence-corrected chi connectivity index (χ2v) is 2.31. The summed E-state index contributed by atoms with van der Waals surface area (Å²) in [6.45, 7) is 1.91. The van der Waals surface area contributed by atoms with Gasteiger partial charge < -0.3 is 9.84 Å². The van der Waals surface area contributed by atoms with Crippen LogP contribution in [0.1, 0.15) is 6.92 Å². The van der Waals surface area contributed by atoms with Crippen molar-refractivity contribution in [1.82, 2.24) is 0 Å². The van der Waals surface area contributed by atoms with E-state index in [1.165, 1.54) is 0 Å². The average molecular weight is 136 g/mol. The highest BCUT2D eigenvalue weighted by molar-refractivity contribution is 7.80. The van der Waals surface area contributed by atoms with Crippen molar-refractivity contribution in [3.8, 4) is 0 Å². The number of hydrogen-bond donors (Lipinski definition) is 2. The summed E-state index contributed by atoms with van der Waals surface area (Å²) < 4.78 is 4.14. The molecule has 1 atom stereocenters. The van der Waals surface area contributed by atoms with Crippen molar-refractivity contribution < 1.29 is 14.6 Å². The molecule has 0 aliphatic carbocycles. The van der Waals surface area contributed by atoms with Crippen molar-refractivity contribution in [2.24, 2.45) is 0 Å². The number of ether oxygens (including phenoxy) is 1. The highest BCUT2D eigenvalue weighted by Crippen LogP contribution is 1.91. The van der Waals surface area contributed by atoms with Crippen LogP contribution >= 0.6 is 12.6 Å². The number of rotatable bonds is 2. The lowest BCUT2D eigenvalue weighted by atomic mass is 10.5. The minimum absolute atomic E-state index is 0.0221. The third-order valence-corrected chi connectivity index (χ3v) is 0.597. The Labute approximate surface area is 53.1 Å². The van der Waals surface area contributed by atoms with Crippen LogP contribution in [0.25, 0.3) is 0 Å². The summed E-state index contributed by atoms with van der Waals surface area (Å²) in [7, 11) is 0. The number of hydrogen-bond acceptors (Lipinski definition) is 3. The van der Waals surface area contributed by atoms with Gasteiger partial charge in [0, 0.05) is 5.25 Å². The Morgan fingerprint density at radius 1 is 2.00 bits per heavy atom. The van der Waals surface area contributed by atoms with E-state index in [4.69, 9.17) is 5.11 Å². The molecule has 48 valence electrons. The first-order chi connectivity index (χ1) is 3.63. The fraction of sp³-hybridized carbons (Fsp3) is 0.750. The van der Waals surface area contributed by atoms with Gasteiger partial charge in [-0.1, -0.05) is 6.92 Å². The molecule has 4 heteroatoms. The average Bonchev–Trinajstić information content (AvgIpc) is 1.61. The number of carboxylic acid groups (broad SMARTS) is 1. The quantitative estimate of drug-likeness (QED) is 0.439. The Morgan fingerprint density at radius 2 is 2.50 bits per heavy atom. The molecule has 0 spiro atoms. The molecule has 8 heavy (non-hydrogen) atoms. The van der Waals surface area contributed by atoms with E-state index in [0.29, 0.717) is 0 Å². The SMILES string of the molecule is CC(S)COC(=O)O.